The Morgan fingerprint density at radius 3 is 2.39 bits per heavy atom. The molecule has 9 nitrogen and oxygen atoms in total. The summed E-state index contributed by atoms with van der Waals surface area (Å²) in [6, 6.07) is 18.4. The molecule has 1 N–H and O–H groups in total. The SMILES string of the molecule is O=C(N/N=C/c1ccc(CN(Cc2ccccc2)S(=O)(=O)c2ccc(Cl)cc2)o1)C(=O)N1CCCC1. The van der Waals surface area contributed by atoms with E-state index in [1.54, 1.807) is 12.1 Å². The molecule has 0 atom stereocenters. The summed E-state index contributed by atoms with van der Waals surface area (Å²) in [6.07, 6.45) is 3.02. The third-order valence-electron chi connectivity index (χ3n) is 5.61. The number of likely N-dealkylation sites (tertiary alicyclic amines) is 1. The molecule has 1 fully saturated rings. The Labute approximate surface area is 214 Å². The molecule has 0 bridgehead atoms. The van der Waals surface area contributed by atoms with Crippen LogP contribution in [-0.2, 0) is 32.7 Å². The quantitative estimate of drug-likeness (QED) is 0.273. The number of nitrogens with zero attached hydrogens (tertiary/aromatic N) is 3. The van der Waals surface area contributed by atoms with E-state index in [-0.39, 0.29) is 18.0 Å². The molecular formula is C25H25ClN4O5S. The van der Waals surface area contributed by atoms with Crippen molar-refractivity contribution in [2.24, 2.45) is 5.10 Å². The third kappa shape index (κ3) is 6.39. The highest BCUT2D eigenvalue weighted by atomic mass is 35.5. The highest BCUT2D eigenvalue weighted by Gasteiger charge is 2.26. The zero-order valence-corrected chi connectivity index (χ0v) is 20.9. The molecule has 2 heterocycles. The molecule has 0 radical (unpaired) electrons. The van der Waals surface area contributed by atoms with E-state index in [4.69, 9.17) is 16.0 Å². The fourth-order valence-corrected chi connectivity index (χ4v) is 5.28. The first kappa shape index (κ1) is 25.6. The van der Waals surface area contributed by atoms with Crippen molar-refractivity contribution in [3.8, 4) is 0 Å². The molecule has 2 aromatic carbocycles. The standard InChI is InChI=1S/C25H25ClN4O5S/c26-20-8-12-23(13-9-20)36(33,34)30(17-19-6-2-1-3-7-19)18-22-11-10-21(35-22)16-27-28-24(31)25(32)29-14-4-5-15-29/h1-3,6-13,16H,4-5,14-15,17-18H2,(H,28,31)/b27-16+. The van der Waals surface area contributed by atoms with Gasteiger partial charge in [-0.1, -0.05) is 41.9 Å². The average molecular weight is 529 g/mol. The highest BCUT2D eigenvalue weighted by molar-refractivity contribution is 7.89. The predicted octanol–water partition coefficient (Wildman–Crippen LogP) is 3.40. The summed E-state index contributed by atoms with van der Waals surface area (Å²) < 4.78 is 33.8. The van der Waals surface area contributed by atoms with Gasteiger partial charge in [-0.15, -0.1) is 0 Å². The van der Waals surface area contributed by atoms with E-state index in [0.29, 0.717) is 29.6 Å². The van der Waals surface area contributed by atoms with E-state index in [1.165, 1.54) is 39.7 Å². The van der Waals surface area contributed by atoms with Crippen LogP contribution in [0.15, 0.2) is 81.1 Å². The molecule has 1 saturated heterocycles. The second-order valence-corrected chi connectivity index (χ2v) is 10.6. The van der Waals surface area contributed by atoms with Gasteiger partial charge in [-0.05, 0) is 54.8 Å². The van der Waals surface area contributed by atoms with Crippen LogP contribution in [0.5, 0.6) is 0 Å². The van der Waals surface area contributed by atoms with Gasteiger partial charge in [-0.3, -0.25) is 9.59 Å². The number of nitrogens with one attached hydrogen (secondary N) is 1. The summed E-state index contributed by atoms with van der Waals surface area (Å²) in [6.45, 7) is 1.23. The third-order valence-corrected chi connectivity index (χ3v) is 7.67. The van der Waals surface area contributed by atoms with Crippen molar-refractivity contribution in [1.29, 1.82) is 0 Å². The number of benzene rings is 2. The maximum Gasteiger partial charge on any atom is 0.329 e. The van der Waals surface area contributed by atoms with E-state index in [0.717, 1.165) is 18.4 Å². The topological polar surface area (TPSA) is 112 Å². The average Bonchev–Trinajstić information content (AvgIpc) is 3.57. The Morgan fingerprint density at radius 2 is 1.69 bits per heavy atom. The molecule has 0 aliphatic carbocycles. The minimum atomic E-state index is -3.87. The number of carbonyl (C=O) groups is 2. The van der Waals surface area contributed by atoms with Crippen molar-refractivity contribution in [1.82, 2.24) is 14.6 Å². The smallest absolute Gasteiger partial charge is 0.329 e. The van der Waals surface area contributed by atoms with Crippen molar-refractivity contribution in [2.75, 3.05) is 13.1 Å². The minimum Gasteiger partial charge on any atom is -0.459 e. The van der Waals surface area contributed by atoms with Gasteiger partial charge in [-0.25, -0.2) is 13.8 Å². The summed E-state index contributed by atoms with van der Waals surface area (Å²) in [4.78, 5) is 25.6. The largest absolute Gasteiger partial charge is 0.459 e. The number of furan rings is 1. The second kappa shape index (κ2) is 11.5. The van der Waals surface area contributed by atoms with Crippen LogP contribution >= 0.6 is 11.6 Å². The van der Waals surface area contributed by atoms with Gasteiger partial charge < -0.3 is 9.32 Å². The molecule has 1 aliphatic rings. The molecule has 36 heavy (non-hydrogen) atoms. The molecule has 188 valence electrons. The van der Waals surface area contributed by atoms with Crippen LogP contribution in [0.3, 0.4) is 0 Å². The van der Waals surface area contributed by atoms with E-state index < -0.39 is 21.8 Å². The molecule has 0 spiro atoms. The maximum atomic E-state index is 13.4. The van der Waals surface area contributed by atoms with Gasteiger partial charge in [0, 0.05) is 24.7 Å². The number of hydrazone groups is 1. The Hall–Kier alpha value is -3.47. The van der Waals surface area contributed by atoms with Crippen molar-refractivity contribution in [3.05, 3.63) is 88.8 Å². The van der Waals surface area contributed by atoms with Crippen molar-refractivity contribution in [3.63, 3.8) is 0 Å². The number of rotatable bonds is 8. The zero-order valence-electron chi connectivity index (χ0n) is 19.3. The van der Waals surface area contributed by atoms with Gasteiger partial charge in [0.05, 0.1) is 17.7 Å². The molecule has 4 rings (SSSR count). The molecule has 2 amide bonds. The van der Waals surface area contributed by atoms with Crippen LogP contribution in [-0.4, -0.2) is 48.7 Å². The summed E-state index contributed by atoms with van der Waals surface area (Å²) in [7, 11) is -3.87. The fraction of sp³-hybridized carbons (Fsp3) is 0.240. The lowest BCUT2D eigenvalue weighted by molar-refractivity contribution is -0.145. The Balaban J connectivity index is 1.46. The molecule has 1 aliphatic heterocycles. The number of amides is 2. The van der Waals surface area contributed by atoms with Crippen molar-refractivity contribution < 1.29 is 22.4 Å². The molecule has 0 unspecified atom stereocenters. The van der Waals surface area contributed by atoms with Gasteiger partial charge >= 0.3 is 11.8 Å². The first-order valence-corrected chi connectivity index (χ1v) is 13.2. The first-order chi connectivity index (χ1) is 17.3. The Kier molecular flexibility index (Phi) is 8.19. The van der Waals surface area contributed by atoms with Crippen molar-refractivity contribution >= 4 is 39.7 Å². The number of hydrogen-bond donors (Lipinski definition) is 1. The van der Waals surface area contributed by atoms with Crippen molar-refractivity contribution in [2.45, 2.75) is 30.8 Å². The number of carbonyl (C=O) groups excluding carboxylic acids is 2. The normalized spacial score (nSPS) is 14.0. The fourth-order valence-electron chi connectivity index (χ4n) is 3.76. The highest BCUT2D eigenvalue weighted by Crippen LogP contribution is 2.23. The van der Waals surface area contributed by atoms with Crippen LogP contribution < -0.4 is 5.43 Å². The molecule has 1 aromatic heterocycles. The monoisotopic (exact) mass is 528 g/mol. The molecule has 3 aromatic rings. The van der Waals surface area contributed by atoms with E-state index >= 15 is 0 Å². The maximum absolute atomic E-state index is 13.4. The van der Waals surface area contributed by atoms with Crippen LogP contribution in [0.2, 0.25) is 5.02 Å². The summed E-state index contributed by atoms with van der Waals surface area (Å²) >= 11 is 5.93. The van der Waals surface area contributed by atoms with Gasteiger partial charge in [0.15, 0.2) is 0 Å². The first-order valence-electron chi connectivity index (χ1n) is 11.3. The van der Waals surface area contributed by atoms with Crippen LogP contribution in [0.1, 0.15) is 29.9 Å². The Morgan fingerprint density at radius 1 is 1.00 bits per heavy atom. The summed E-state index contributed by atoms with van der Waals surface area (Å²) in [5.74, 6) is -0.761. The molecular weight excluding hydrogens is 504 g/mol. The van der Waals surface area contributed by atoms with Gasteiger partial charge in [-0.2, -0.15) is 9.41 Å². The van der Waals surface area contributed by atoms with E-state index in [1.807, 2.05) is 30.3 Å². The molecule has 0 saturated carbocycles. The van der Waals surface area contributed by atoms with Gasteiger partial charge in [0.2, 0.25) is 10.0 Å². The van der Waals surface area contributed by atoms with Crippen LogP contribution in [0.25, 0.3) is 0 Å². The summed E-state index contributed by atoms with van der Waals surface area (Å²) in [5, 5.41) is 4.23. The lowest BCUT2D eigenvalue weighted by Crippen LogP contribution is -2.39. The van der Waals surface area contributed by atoms with E-state index in [9.17, 15) is 18.0 Å². The van der Waals surface area contributed by atoms with E-state index in [2.05, 4.69) is 10.5 Å². The van der Waals surface area contributed by atoms with Gasteiger partial charge in [0.1, 0.15) is 11.5 Å². The van der Waals surface area contributed by atoms with Crippen LogP contribution in [0, 0.1) is 0 Å². The number of sulfonamides is 1. The lowest BCUT2D eigenvalue weighted by atomic mass is 10.2. The van der Waals surface area contributed by atoms with Gasteiger partial charge in [0.25, 0.3) is 0 Å². The Bertz CT molecular complexity index is 1330. The zero-order chi connectivity index (χ0) is 25.5. The summed E-state index contributed by atoms with van der Waals surface area (Å²) in [5.41, 5.74) is 3.02. The lowest BCUT2D eigenvalue weighted by Gasteiger charge is -2.21. The number of halogens is 1. The number of hydrogen-bond acceptors (Lipinski definition) is 6. The second-order valence-electron chi connectivity index (χ2n) is 8.22. The minimum absolute atomic E-state index is 0.0342. The predicted molar refractivity (Wildman–Crippen MR) is 135 cm³/mol. The van der Waals surface area contributed by atoms with Crippen LogP contribution in [0.4, 0.5) is 0 Å². The molecule has 11 heteroatoms.